The van der Waals surface area contributed by atoms with Gasteiger partial charge in [-0.1, -0.05) is 36.4 Å². The number of thiol groups is 1. The Hall–Kier alpha value is -2.73. The van der Waals surface area contributed by atoms with Gasteiger partial charge in [0.25, 0.3) is 0 Å². The predicted octanol–water partition coefficient (Wildman–Crippen LogP) is 4.35. The van der Waals surface area contributed by atoms with Crippen LogP contribution in [0.5, 0.6) is 0 Å². The quantitative estimate of drug-likeness (QED) is 0.351. The molecule has 0 aliphatic heterocycles. The fourth-order valence-electron chi connectivity index (χ4n) is 2.78. The Kier molecular flexibility index (Phi) is 7.55. The lowest BCUT2D eigenvalue weighted by atomic mass is 10.1. The number of benzene rings is 2. The highest BCUT2D eigenvalue weighted by Gasteiger charge is 1.97. The first-order valence-corrected chi connectivity index (χ1v) is 9.55. The van der Waals surface area contributed by atoms with E-state index in [0.29, 0.717) is 6.54 Å². The molecule has 28 heavy (non-hydrogen) atoms. The van der Waals surface area contributed by atoms with Crippen molar-refractivity contribution in [3.8, 4) is 11.1 Å². The zero-order valence-corrected chi connectivity index (χ0v) is 16.4. The maximum absolute atomic E-state index is 8.67. The van der Waals surface area contributed by atoms with Crippen molar-refractivity contribution >= 4 is 23.4 Å². The molecule has 0 unspecified atom stereocenters. The number of hydrogen-bond acceptors (Lipinski definition) is 5. The SMILES string of the molecule is OCCNCc1ccc(-c2ccncc2)cc1.Sc1cccc2cnccc12. The molecule has 4 rings (SSSR count). The first-order chi connectivity index (χ1) is 13.8. The number of fused-ring (bicyclic) bond motifs is 1. The van der Waals surface area contributed by atoms with Crippen molar-refractivity contribution in [1.82, 2.24) is 15.3 Å². The van der Waals surface area contributed by atoms with Crippen LogP contribution in [0, 0.1) is 0 Å². The van der Waals surface area contributed by atoms with Gasteiger partial charge in [-0.25, -0.2) is 0 Å². The number of hydrogen-bond donors (Lipinski definition) is 3. The molecular formula is C23H23N3OS. The van der Waals surface area contributed by atoms with Crippen LogP contribution in [-0.2, 0) is 6.54 Å². The number of aromatic nitrogens is 2. The van der Waals surface area contributed by atoms with Gasteiger partial charge in [-0.3, -0.25) is 9.97 Å². The van der Waals surface area contributed by atoms with Crippen molar-refractivity contribution < 1.29 is 5.11 Å². The fraction of sp³-hybridized carbons (Fsp3) is 0.130. The molecule has 0 spiro atoms. The van der Waals surface area contributed by atoms with Gasteiger partial charge in [0.15, 0.2) is 0 Å². The average molecular weight is 390 g/mol. The molecule has 0 amide bonds. The van der Waals surface area contributed by atoms with Crippen molar-refractivity contribution in [1.29, 1.82) is 0 Å². The van der Waals surface area contributed by atoms with Crippen LogP contribution in [0.4, 0.5) is 0 Å². The molecule has 0 fully saturated rings. The number of pyridine rings is 2. The molecular weight excluding hydrogens is 366 g/mol. The molecule has 2 heterocycles. The molecule has 0 bridgehead atoms. The van der Waals surface area contributed by atoms with E-state index in [1.54, 1.807) is 18.6 Å². The third kappa shape index (κ3) is 5.63. The topological polar surface area (TPSA) is 58.0 Å². The Morgan fingerprint density at radius 3 is 2.25 bits per heavy atom. The summed E-state index contributed by atoms with van der Waals surface area (Å²) >= 11 is 4.32. The second-order valence-electron chi connectivity index (χ2n) is 6.21. The van der Waals surface area contributed by atoms with Gasteiger partial charge in [0, 0.05) is 48.2 Å². The largest absolute Gasteiger partial charge is 0.395 e. The van der Waals surface area contributed by atoms with Crippen molar-refractivity contribution in [2.24, 2.45) is 0 Å². The Bertz CT molecular complexity index is 986. The van der Waals surface area contributed by atoms with Gasteiger partial charge >= 0.3 is 0 Å². The zero-order chi connectivity index (χ0) is 19.6. The highest BCUT2D eigenvalue weighted by Crippen LogP contribution is 2.20. The van der Waals surface area contributed by atoms with Crippen molar-refractivity contribution in [3.05, 3.63) is 91.0 Å². The zero-order valence-electron chi connectivity index (χ0n) is 15.5. The van der Waals surface area contributed by atoms with Crippen molar-refractivity contribution in [2.75, 3.05) is 13.2 Å². The average Bonchev–Trinajstić information content (AvgIpc) is 2.76. The van der Waals surface area contributed by atoms with Crippen LogP contribution in [0.1, 0.15) is 5.56 Å². The second-order valence-corrected chi connectivity index (χ2v) is 6.69. The van der Waals surface area contributed by atoms with E-state index < -0.39 is 0 Å². The molecule has 0 saturated heterocycles. The number of aliphatic hydroxyl groups is 1. The summed E-state index contributed by atoms with van der Waals surface area (Å²) in [5.74, 6) is 0. The third-order valence-corrected chi connectivity index (χ3v) is 4.63. The van der Waals surface area contributed by atoms with Gasteiger partial charge in [0.05, 0.1) is 6.61 Å². The van der Waals surface area contributed by atoms with Gasteiger partial charge < -0.3 is 10.4 Å². The normalized spacial score (nSPS) is 10.4. The molecule has 4 aromatic rings. The molecule has 4 nitrogen and oxygen atoms in total. The van der Waals surface area contributed by atoms with Gasteiger partial charge in [-0.05, 0) is 46.3 Å². The standard InChI is InChI=1S/C14H16N2O.C9H7NS/c17-10-9-16-11-12-1-3-13(4-2-12)14-5-7-15-8-6-14;11-9-3-1-2-7-6-10-5-4-8(7)9/h1-8,16-17H,9-11H2;1-6,11H. The Labute approximate surface area is 170 Å². The lowest BCUT2D eigenvalue weighted by Crippen LogP contribution is -2.17. The Morgan fingerprint density at radius 2 is 1.54 bits per heavy atom. The molecule has 0 atom stereocenters. The van der Waals surface area contributed by atoms with Gasteiger partial charge in [-0.2, -0.15) is 0 Å². The van der Waals surface area contributed by atoms with Crippen LogP contribution >= 0.6 is 12.6 Å². The van der Waals surface area contributed by atoms with E-state index in [4.69, 9.17) is 5.11 Å². The van der Waals surface area contributed by atoms with E-state index in [2.05, 4.69) is 52.2 Å². The van der Waals surface area contributed by atoms with Gasteiger partial charge in [0.1, 0.15) is 0 Å². The maximum atomic E-state index is 8.67. The summed E-state index contributed by atoms with van der Waals surface area (Å²) in [6.07, 6.45) is 7.22. The minimum Gasteiger partial charge on any atom is -0.395 e. The number of rotatable bonds is 5. The minimum atomic E-state index is 0.176. The lowest BCUT2D eigenvalue weighted by Gasteiger charge is -2.05. The molecule has 2 aromatic heterocycles. The summed E-state index contributed by atoms with van der Waals surface area (Å²) in [4.78, 5) is 9.03. The summed E-state index contributed by atoms with van der Waals surface area (Å²) < 4.78 is 0. The fourth-order valence-corrected chi connectivity index (χ4v) is 3.07. The smallest absolute Gasteiger partial charge is 0.0556 e. The first-order valence-electron chi connectivity index (χ1n) is 9.10. The lowest BCUT2D eigenvalue weighted by molar-refractivity contribution is 0.292. The summed E-state index contributed by atoms with van der Waals surface area (Å²) in [5.41, 5.74) is 3.59. The van der Waals surface area contributed by atoms with E-state index in [-0.39, 0.29) is 6.61 Å². The molecule has 0 aliphatic carbocycles. The number of aliphatic hydroxyl groups excluding tert-OH is 1. The third-order valence-electron chi connectivity index (χ3n) is 4.24. The highest BCUT2D eigenvalue weighted by atomic mass is 32.1. The summed E-state index contributed by atoms with van der Waals surface area (Å²) in [6, 6.07) is 20.4. The molecule has 0 aliphatic rings. The van der Waals surface area contributed by atoms with Crippen LogP contribution in [0.3, 0.4) is 0 Å². The van der Waals surface area contributed by atoms with E-state index in [0.717, 1.165) is 22.2 Å². The van der Waals surface area contributed by atoms with Crippen LogP contribution in [-0.4, -0.2) is 28.2 Å². The van der Waals surface area contributed by atoms with E-state index in [1.807, 2.05) is 42.6 Å². The molecule has 142 valence electrons. The summed E-state index contributed by atoms with van der Waals surface area (Å²) in [6.45, 7) is 1.60. The van der Waals surface area contributed by atoms with Crippen molar-refractivity contribution in [2.45, 2.75) is 11.4 Å². The monoisotopic (exact) mass is 389 g/mol. The maximum Gasteiger partial charge on any atom is 0.0556 e. The molecule has 0 saturated carbocycles. The number of nitrogens with one attached hydrogen (secondary N) is 1. The first kappa shape index (κ1) is 20.0. The van der Waals surface area contributed by atoms with Gasteiger partial charge in [0.2, 0.25) is 0 Å². The summed E-state index contributed by atoms with van der Waals surface area (Å²) in [7, 11) is 0. The van der Waals surface area contributed by atoms with Gasteiger partial charge in [-0.15, -0.1) is 12.6 Å². The Balaban J connectivity index is 0.000000176. The predicted molar refractivity (Wildman–Crippen MR) is 117 cm³/mol. The number of nitrogens with zero attached hydrogens (tertiary/aromatic N) is 2. The van der Waals surface area contributed by atoms with Crippen molar-refractivity contribution in [3.63, 3.8) is 0 Å². The Morgan fingerprint density at radius 1 is 0.821 bits per heavy atom. The summed E-state index contributed by atoms with van der Waals surface area (Å²) in [5, 5.41) is 14.1. The highest BCUT2D eigenvalue weighted by molar-refractivity contribution is 7.80. The molecule has 2 aromatic carbocycles. The van der Waals surface area contributed by atoms with Crippen LogP contribution < -0.4 is 5.32 Å². The van der Waals surface area contributed by atoms with Crippen LogP contribution in [0.15, 0.2) is 90.3 Å². The van der Waals surface area contributed by atoms with Crippen LogP contribution in [0.2, 0.25) is 0 Å². The van der Waals surface area contributed by atoms with E-state index in [9.17, 15) is 0 Å². The van der Waals surface area contributed by atoms with E-state index >= 15 is 0 Å². The minimum absolute atomic E-state index is 0.176. The molecule has 5 heteroatoms. The molecule has 0 radical (unpaired) electrons. The van der Waals surface area contributed by atoms with Crippen LogP contribution in [0.25, 0.3) is 21.9 Å². The molecule has 2 N–H and O–H groups in total. The van der Waals surface area contributed by atoms with E-state index in [1.165, 1.54) is 16.7 Å². The second kappa shape index (κ2) is 10.6.